The Morgan fingerprint density at radius 3 is 2.59 bits per heavy atom. The summed E-state index contributed by atoms with van der Waals surface area (Å²) in [6.45, 7) is 10.0. The van der Waals surface area contributed by atoms with Gasteiger partial charge in [-0.3, -0.25) is 9.69 Å². The monoisotopic (exact) mass is 434 g/mol. The van der Waals surface area contributed by atoms with Crippen LogP contribution in [0.3, 0.4) is 0 Å². The molecule has 0 aromatic carbocycles. The zero-order valence-corrected chi connectivity index (χ0v) is 19.0. The van der Waals surface area contributed by atoms with Crippen molar-refractivity contribution in [2.24, 2.45) is 5.41 Å². The minimum Gasteiger partial charge on any atom is -0.444 e. The summed E-state index contributed by atoms with van der Waals surface area (Å²) in [6, 6.07) is -0.521. The Kier molecular flexibility index (Phi) is 4.93. The summed E-state index contributed by atoms with van der Waals surface area (Å²) in [5.74, 6) is -0.197. The number of likely N-dealkylation sites (tertiary alicyclic amines) is 1. The molecule has 0 bridgehead atoms. The molecule has 1 saturated heterocycles. The first-order valence-electron chi connectivity index (χ1n) is 9.76. The molecule has 1 N–H and O–H groups in total. The molecule has 1 aliphatic carbocycles. The van der Waals surface area contributed by atoms with Gasteiger partial charge in [-0.2, -0.15) is 0 Å². The summed E-state index contributed by atoms with van der Waals surface area (Å²) in [5.41, 5.74) is 1.26. The average Bonchev–Trinajstić information content (AvgIpc) is 2.92. The molecule has 1 aliphatic heterocycles. The summed E-state index contributed by atoms with van der Waals surface area (Å²) in [7, 11) is 0. The van der Waals surface area contributed by atoms with E-state index in [-0.39, 0.29) is 11.3 Å². The van der Waals surface area contributed by atoms with Gasteiger partial charge in [-0.25, -0.2) is 14.8 Å². The number of nitrogens with zero attached hydrogens (tertiary/aromatic N) is 3. The molecule has 9 heteroatoms. The SMILES string of the molecule is Cc1nc(C)c(-c2csc(NC(=O)[C@@H]3CC4(CC4)CN3C(=O)OC(C)(C)C)n2)s1. The smallest absolute Gasteiger partial charge is 0.410 e. The third-order valence-electron chi connectivity index (χ3n) is 5.27. The molecule has 2 fully saturated rings. The zero-order chi connectivity index (χ0) is 21.0. The van der Waals surface area contributed by atoms with Gasteiger partial charge in [0.25, 0.3) is 0 Å². The van der Waals surface area contributed by atoms with Crippen LogP contribution in [-0.4, -0.2) is 45.1 Å². The van der Waals surface area contributed by atoms with Crippen molar-refractivity contribution >= 4 is 39.8 Å². The van der Waals surface area contributed by atoms with Gasteiger partial charge in [-0.1, -0.05) is 0 Å². The number of rotatable bonds is 3. The third-order valence-corrected chi connectivity index (χ3v) is 7.12. The van der Waals surface area contributed by atoms with E-state index in [1.807, 2.05) is 40.0 Å². The molecule has 1 saturated carbocycles. The Morgan fingerprint density at radius 1 is 1.28 bits per heavy atom. The maximum atomic E-state index is 13.0. The fraction of sp³-hybridized carbons (Fsp3) is 0.600. The molecular weight excluding hydrogens is 408 g/mol. The van der Waals surface area contributed by atoms with Crippen molar-refractivity contribution < 1.29 is 14.3 Å². The van der Waals surface area contributed by atoms with E-state index in [1.54, 1.807) is 16.2 Å². The van der Waals surface area contributed by atoms with E-state index in [4.69, 9.17) is 4.74 Å². The van der Waals surface area contributed by atoms with Crippen molar-refractivity contribution in [3.05, 3.63) is 16.1 Å². The Morgan fingerprint density at radius 2 is 2.00 bits per heavy atom. The molecular formula is C20H26N4O3S2. The fourth-order valence-corrected chi connectivity index (χ4v) is 5.39. The molecule has 2 aromatic rings. The highest BCUT2D eigenvalue weighted by molar-refractivity contribution is 7.16. The molecule has 1 spiro atoms. The molecule has 29 heavy (non-hydrogen) atoms. The normalized spacial score (nSPS) is 20.2. The lowest BCUT2D eigenvalue weighted by atomic mass is 10.0. The van der Waals surface area contributed by atoms with Crippen LogP contribution in [0.15, 0.2) is 5.38 Å². The number of thiazole rings is 2. The fourth-order valence-electron chi connectivity index (χ4n) is 3.74. The van der Waals surface area contributed by atoms with Crippen molar-refractivity contribution in [3.8, 4) is 10.6 Å². The van der Waals surface area contributed by atoms with Crippen molar-refractivity contribution in [3.63, 3.8) is 0 Å². The van der Waals surface area contributed by atoms with E-state index in [0.717, 1.165) is 34.1 Å². The highest BCUT2D eigenvalue weighted by Crippen LogP contribution is 2.55. The molecule has 0 unspecified atom stereocenters. The van der Waals surface area contributed by atoms with Gasteiger partial charge in [0.15, 0.2) is 5.13 Å². The predicted molar refractivity (Wildman–Crippen MR) is 114 cm³/mol. The number of carbonyl (C=O) groups excluding carboxylic acids is 2. The highest BCUT2D eigenvalue weighted by atomic mass is 32.1. The summed E-state index contributed by atoms with van der Waals surface area (Å²) in [6.07, 6.45) is 2.38. The van der Waals surface area contributed by atoms with E-state index in [0.29, 0.717) is 18.1 Å². The molecule has 4 rings (SSSR count). The minimum absolute atomic E-state index is 0.0875. The van der Waals surface area contributed by atoms with Crippen molar-refractivity contribution in [2.45, 2.75) is 65.5 Å². The van der Waals surface area contributed by atoms with Gasteiger partial charge in [-0.05, 0) is 59.3 Å². The van der Waals surface area contributed by atoms with Crippen LogP contribution < -0.4 is 5.32 Å². The minimum atomic E-state index is -0.591. The van der Waals surface area contributed by atoms with Gasteiger partial charge in [-0.15, -0.1) is 22.7 Å². The van der Waals surface area contributed by atoms with Crippen LogP contribution in [0, 0.1) is 19.3 Å². The lowest BCUT2D eigenvalue weighted by Crippen LogP contribution is -2.45. The molecule has 7 nitrogen and oxygen atoms in total. The maximum absolute atomic E-state index is 13.0. The molecule has 3 heterocycles. The van der Waals surface area contributed by atoms with Crippen LogP contribution in [0.25, 0.3) is 10.6 Å². The molecule has 2 amide bonds. The van der Waals surface area contributed by atoms with Crippen molar-refractivity contribution in [1.82, 2.24) is 14.9 Å². The Labute approximate surface area is 178 Å². The standard InChI is InChI=1S/C20H26N4O3S2/c1-11-15(29-12(2)21-11)13-9-28-17(22-13)23-16(25)14-8-20(6-7-20)10-24(14)18(26)27-19(3,4)5/h9,14H,6-8,10H2,1-5H3,(H,22,23,25)/t14-/m0/s1. The second-order valence-electron chi connectivity index (χ2n) is 9.00. The first-order valence-corrected chi connectivity index (χ1v) is 11.5. The number of hydrogen-bond acceptors (Lipinski definition) is 7. The Bertz CT molecular complexity index is 955. The maximum Gasteiger partial charge on any atom is 0.410 e. The van der Waals surface area contributed by atoms with Gasteiger partial charge >= 0.3 is 6.09 Å². The topological polar surface area (TPSA) is 84.4 Å². The van der Waals surface area contributed by atoms with Crippen LogP contribution >= 0.6 is 22.7 Å². The average molecular weight is 435 g/mol. The van der Waals surface area contributed by atoms with Gasteiger partial charge in [0.1, 0.15) is 11.6 Å². The van der Waals surface area contributed by atoms with Gasteiger partial charge in [0, 0.05) is 11.9 Å². The number of carbonyl (C=O) groups is 2. The number of aromatic nitrogens is 2. The van der Waals surface area contributed by atoms with Gasteiger partial charge in [0.2, 0.25) is 5.91 Å². The quantitative estimate of drug-likeness (QED) is 0.762. The number of anilines is 1. The van der Waals surface area contributed by atoms with Crippen LogP contribution in [0.4, 0.5) is 9.93 Å². The summed E-state index contributed by atoms with van der Waals surface area (Å²) in [4.78, 5) is 37.3. The number of amides is 2. The van der Waals surface area contributed by atoms with E-state index in [2.05, 4.69) is 15.3 Å². The molecule has 2 aromatic heterocycles. The lowest BCUT2D eigenvalue weighted by molar-refractivity contribution is -0.120. The predicted octanol–water partition coefficient (Wildman–Crippen LogP) is 4.61. The van der Waals surface area contributed by atoms with E-state index in [9.17, 15) is 9.59 Å². The van der Waals surface area contributed by atoms with Crippen molar-refractivity contribution in [2.75, 3.05) is 11.9 Å². The second kappa shape index (κ2) is 7.05. The molecule has 0 radical (unpaired) electrons. The van der Waals surface area contributed by atoms with Crippen LogP contribution in [-0.2, 0) is 9.53 Å². The zero-order valence-electron chi connectivity index (χ0n) is 17.4. The third kappa shape index (κ3) is 4.30. The van der Waals surface area contributed by atoms with Crippen molar-refractivity contribution in [1.29, 1.82) is 0 Å². The number of hydrogen-bond donors (Lipinski definition) is 1. The number of ether oxygens (including phenoxy) is 1. The van der Waals surface area contributed by atoms with E-state index >= 15 is 0 Å². The highest BCUT2D eigenvalue weighted by Gasteiger charge is 2.56. The summed E-state index contributed by atoms with van der Waals surface area (Å²) in [5, 5.41) is 6.37. The van der Waals surface area contributed by atoms with Crippen LogP contribution in [0.2, 0.25) is 0 Å². The Hall–Kier alpha value is -2.00. The van der Waals surface area contributed by atoms with E-state index in [1.165, 1.54) is 11.3 Å². The van der Waals surface area contributed by atoms with Gasteiger partial charge in [0.05, 0.1) is 21.3 Å². The second-order valence-corrected chi connectivity index (χ2v) is 11.1. The molecule has 1 atom stereocenters. The van der Waals surface area contributed by atoms with E-state index < -0.39 is 17.7 Å². The lowest BCUT2D eigenvalue weighted by Gasteiger charge is -2.27. The molecule has 156 valence electrons. The summed E-state index contributed by atoms with van der Waals surface area (Å²) < 4.78 is 5.54. The van der Waals surface area contributed by atoms with Crippen LogP contribution in [0.5, 0.6) is 0 Å². The first kappa shape index (κ1) is 20.3. The number of aryl methyl sites for hydroxylation is 2. The Balaban J connectivity index is 1.48. The molecule has 2 aliphatic rings. The number of nitrogens with one attached hydrogen (secondary N) is 1. The first-order chi connectivity index (χ1) is 13.6. The van der Waals surface area contributed by atoms with Crippen LogP contribution in [0.1, 0.15) is 50.7 Å². The summed E-state index contributed by atoms with van der Waals surface area (Å²) >= 11 is 2.98. The van der Waals surface area contributed by atoms with Gasteiger partial charge < -0.3 is 10.1 Å². The largest absolute Gasteiger partial charge is 0.444 e.